The van der Waals surface area contributed by atoms with Crippen LogP contribution in [0.2, 0.25) is 0 Å². The maximum Gasteiger partial charge on any atom is 0.246 e. The summed E-state index contributed by atoms with van der Waals surface area (Å²) < 4.78 is 2.07. The van der Waals surface area contributed by atoms with Crippen molar-refractivity contribution in [3.63, 3.8) is 0 Å². The molecular weight excluding hydrogens is 334 g/mol. The number of fused-ring (bicyclic) bond motifs is 1. The van der Waals surface area contributed by atoms with E-state index in [0.717, 1.165) is 22.0 Å². The van der Waals surface area contributed by atoms with E-state index in [1.54, 1.807) is 11.0 Å². The highest BCUT2D eigenvalue weighted by Gasteiger charge is 2.08. The third-order valence-electron chi connectivity index (χ3n) is 4.61. The van der Waals surface area contributed by atoms with E-state index in [4.69, 9.17) is 5.26 Å². The number of hydrogen-bond acceptors (Lipinski definition) is 2. The summed E-state index contributed by atoms with van der Waals surface area (Å²) in [5.74, 6) is -0.0376. The molecule has 3 aromatic rings. The molecule has 0 saturated heterocycles. The van der Waals surface area contributed by atoms with Gasteiger partial charge in [-0.1, -0.05) is 48.0 Å². The average molecular weight is 357 g/mol. The lowest BCUT2D eigenvalue weighted by Gasteiger charge is -2.15. The Morgan fingerprint density at radius 2 is 1.93 bits per heavy atom. The Kier molecular flexibility index (Phi) is 5.73. The summed E-state index contributed by atoms with van der Waals surface area (Å²) >= 11 is 0. The monoisotopic (exact) mass is 357 g/mol. The smallest absolute Gasteiger partial charge is 0.246 e. The number of aryl methyl sites for hydroxylation is 2. The van der Waals surface area contributed by atoms with Crippen LogP contribution in [0.5, 0.6) is 0 Å². The predicted octanol–water partition coefficient (Wildman–Crippen LogP) is 4.54. The first-order valence-electron chi connectivity index (χ1n) is 9.02. The average Bonchev–Trinajstić information content (AvgIpc) is 3.04. The molecule has 0 N–H and O–H groups in total. The minimum atomic E-state index is -0.0376. The Balaban J connectivity index is 1.75. The second-order valence-electron chi connectivity index (χ2n) is 6.72. The van der Waals surface area contributed by atoms with Gasteiger partial charge >= 0.3 is 0 Å². The molecule has 136 valence electrons. The molecule has 0 unspecified atom stereocenters. The van der Waals surface area contributed by atoms with Crippen LogP contribution in [-0.4, -0.2) is 22.4 Å². The number of carbonyl (C=O) groups excluding carboxylic acids is 1. The number of amides is 1. The van der Waals surface area contributed by atoms with E-state index in [-0.39, 0.29) is 5.91 Å². The molecule has 1 amide bonds. The van der Waals surface area contributed by atoms with Crippen LogP contribution in [0.1, 0.15) is 23.1 Å². The summed E-state index contributed by atoms with van der Waals surface area (Å²) in [5.41, 5.74) is 4.38. The minimum absolute atomic E-state index is 0.0376. The molecule has 4 heteroatoms. The van der Waals surface area contributed by atoms with E-state index in [9.17, 15) is 4.79 Å². The van der Waals surface area contributed by atoms with E-state index in [1.165, 1.54) is 5.56 Å². The predicted molar refractivity (Wildman–Crippen MR) is 109 cm³/mol. The first kappa shape index (κ1) is 18.5. The van der Waals surface area contributed by atoms with E-state index in [1.807, 2.05) is 55.7 Å². The van der Waals surface area contributed by atoms with Crippen LogP contribution in [0.25, 0.3) is 17.0 Å². The van der Waals surface area contributed by atoms with Gasteiger partial charge in [-0.15, -0.1) is 0 Å². The van der Waals surface area contributed by atoms with Crippen molar-refractivity contribution in [2.24, 2.45) is 0 Å². The molecule has 1 aromatic heterocycles. The molecule has 0 aliphatic rings. The van der Waals surface area contributed by atoms with Gasteiger partial charge < -0.3 is 9.47 Å². The zero-order valence-electron chi connectivity index (χ0n) is 15.7. The maximum atomic E-state index is 12.5. The number of aromatic nitrogens is 1. The summed E-state index contributed by atoms with van der Waals surface area (Å²) in [6.07, 6.45) is 5.94. The molecule has 2 aromatic carbocycles. The number of nitriles is 1. The van der Waals surface area contributed by atoms with Gasteiger partial charge in [-0.2, -0.15) is 5.26 Å². The summed E-state index contributed by atoms with van der Waals surface area (Å²) in [6.45, 7) is 3.27. The van der Waals surface area contributed by atoms with Gasteiger partial charge in [0, 0.05) is 48.9 Å². The number of nitrogens with zero attached hydrogens (tertiary/aromatic N) is 3. The summed E-state index contributed by atoms with van der Waals surface area (Å²) in [4.78, 5) is 14.2. The molecular formula is C23H23N3O. The first-order valence-corrected chi connectivity index (χ1v) is 9.02. The van der Waals surface area contributed by atoms with Gasteiger partial charge in [0.1, 0.15) is 0 Å². The van der Waals surface area contributed by atoms with E-state index >= 15 is 0 Å². The molecule has 0 saturated carbocycles. The Morgan fingerprint density at radius 3 is 2.67 bits per heavy atom. The quantitative estimate of drug-likeness (QED) is 0.608. The minimum Gasteiger partial charge on any atom is -0.346 e. The molecule has 0 spiro atoms. The van der Waals surface area contributed by atoms with Gasteiger partial charge in [0.2, 0.25) is 5.91 Å². The lowest BCUT2D eigenvalue weighted by Crippen LogP contribution is -2.24. The zero-order chi connectivity index (χ0) is 19.2. The number of likely N-dealkylation sites (N-methyl/N-ethyl adjacent to an activating group) is 1. The van der Waals surface area contributed by atoms with Crippen LogP contribution in [-0.2, 0) is 17.9 Å². The fourth-order valence-corrected chi connectivity index (χ4v) is 3.10. The van der Waals surface area contributed by atoms with Crippen LogP contribution < -0.4 is 0 Å². The highest BCUT2D eigenvalue weighted by molar-refractivity contribution is 5.96. The SMILES string of the molecule is Cc1ccc(CN(C)C(=O)/C=C/c2cn(CCC#N)c3ccccc23)cc1. The third kappa shape index (κ3) is 4.45. The highest BCUT2D eigenvalue weighted by Crippen LogP contribution is 2.23. The Bertz CT molecular complexity index is 1010. The number of hydrogen-bond donors (Lipinski definition) is 0. The van der Waals surface area contributed by atoms with Crippen molar-refractivity contribution >= 4 is 22.9 Å². The van der Waals surface area contributed by atoms with E-state index < -0.39 is 0 Å². The second-order valence-corrected chi connectivity index (χ2v) is 6.72. The normalized spacial score (nSPS) is 11.0. The first-order chi connectivity index (χ1) is 13.1. The molecule has 3 rings (SSSR count). The van der Waals surface area contributed by atoms with Gasteiger partial charge in [-0.25, -0.2) is 0 Å². The number of para-hydroxylation sites is 1. The van der Waals surface area contributed by atoms with Crippen LogP contribution in [0, 0.1) is 18.3 Å². The molecule has 0 fully saturated rings. The van der Waals surface area contributed by atoms with E-state index in [0.29, 0.717) is 19.5 Å². The fourth-order valence-electron chi connectivity index (χ4n) is 3.10. The standard InChI is InChI=1S/C23H23N3O/c1-18-8-10-19(11-9-18)16-25(2)23(27)13-12-20-17-26(15-5-14-24)22-7-4-3-6-21(20)22/h3-4,6-13,17H,5,15-16H2,1-2H3/b13-12+. The third-order valence-corrected chi connectivity index (χ3v) is 4.61. The topological polar surface area (TPSA) is 49.0 Å². The van der Waals surface area contributed by atoms with Gasteiger partial charge in [-0.05, 0) is 24.6 Å². The Morgan fingerprint density at radius 1 is 1.19 bits per heavy atom. The lowest BCUT2D eigenvalue weighted by molar-refractivity contribution is -0.125. The molecule has 0 bridgehead atoms. The molecule has 0 aliphatic carbocycles. The molecule has 0 atom stereocenters. The highest BCUT2D eigenvalue weighted by atomic mass is 16.2. The van der Waals surface area contributed by atoms with Crippen molar-refractivity contribution in [2.75, 3.05) is 7.05 Å². The molecule has 0 radical (unpaired) electrons. The largest absolute Gasteiger partial charge is 0.346 e. The van der Waals surface area contributed by atoms with Gasteiger partial charge in [0.15, 0.2) is 0 Å². The van der Waals surface area contributed by atoms with Crippen LogP contribution in [0.15, 0.2) is 60.8 Å². The van der Waals surface area contributed by atoms with Crippen LogP contribution in [0.4, 0.5) is 0 Å². The van der Waals surface area contributed by atoms with Crippen molar-refractivity contribution in [3.8, 4) is 6.07 Å². The van der Waals surface area contributed by atoms with Crippen molar-refractivity contribution in [2.45, 2.75) is 26.4 Å². The fraction of sp³-hybridized carbons (Fsp3) is 0.217. The van der Waals surface area contributed by atoms with Crippen molar-refractivity contribution < 1.29 is 4.79 Å². The Hall–Kier alpha value is -3.32. The maximum absolute atomic E-state index is 12.5. The molecule has 4 nitrogen and oxygen atoms in total. The number of carbonyl (C=O) groups is 1. The van der Waals surface area contributed by atoms with Crippen molar-refractivity contribution in [1.29, 1.82) is 5.26 Å². The second kappa shape index (κ2) is 8.37. The summed E-state index contributed by atoms with van der Waals surface area (Å²) in [5, 5.41) is 9.94. The van der Waals surface area contributed by atoms with Gasteiger partial charge in [0.05, 0.1) is 12.5 Å². The Labute approximate surface area is 159 Å². The van der Waals surface area contributed by atoms with Crippen LogP contribution >= 0.6 is 0 Å². The number of rotatable bonds is 6. The van der Waals surface area contributed by atoms with Crippen molar-refractivity contribution in [3.05, 3.63) is 77.5 Å². The van der Waals surface area contributed by atoms with Gasteiger partial charge in [-0.3, -0.25) is 4.79 Å². The van der Waals surface area contributed by atoms with Crippen molar-refractivity contribution in [1.82, 2.24) is 9.47 Å². The molecule has 1 heterocycles. The molecule has 27 heavy (non-hydrogen) atoms. The van der Waals surface area contributed by atoms with Gasteiger partial charge in [0.25, 0.3) is 0 Å². The lowest BCUT2D eigenvalue weighted by atomic mass is 10.1. The summed E-state index contributed by atoms with van der Waals surface area (Å²) in [6, 6.07) is 18.4. The number of benzene rings is 2. The molecule has 0 aliphatic heterocycles. The summed E-state index contributed by atoms with van der Waals surface area (Å²) in [7, 11) is 1.81. The van der Waals surface area contributed by atoms with E-state index in [2.05, 4.69) is 29.7 Å². The zero-order valence-corrected chi connectivity index (χ0v) is 15.7. The van der Waals surface area contributed by atoms with Crippen LogP contribution in [0.3, 0.4) is 0 Å².